The lowest BCUT2D eigenvalue weighted by atomic mass is 9.94. The molecule has 0 saturated carbocycles. The molecule has 2 heterocycles. The minimum Gasteiger partial charge on any atom is -0.496 e. The van der Waals surface area contributed by atoms with E-state index in [-0.39, 0.29) is 12.2 Å². The van der Waals surface area contributed by atoms with Gasteiger partial charge in [-0.2, -0.15) is 0 Å². The van der Waals surface area contributed by atoms with Gasteiger partial charge in [-0.1, -0.05) is 49.8 Å². The van der Waals surface area contributed by atoms with Gasteiger partial charge >= 0.3 is 5.97 Å². The molecule has 4 rings (SSSR count). The van der Waals surface area contributed by atoms with Crippen LogP contribution >= 0.6 is 27.3 Å². The molecular formula is C29H31BrN2O5S. The molecule has 1 aliphatic heterocycles. The quantitative estimate of drug-likeness (QED) is 0.302. The molecule has 0 spiro atoms. The highest BCUT2D eigenvalue weighted by Gasteiger charge is 2.34. The van der Waals surface area contributed by atoms with Gasteiger partial charge < -0.3 is 14.2 Å². The van der Waals surface area contributed by atoms with Gasteiger partial charge in [-0.15, -0.1) is 0 Å². The first-order chi connectivity index (χ1) is 18.4. The molecule has 9 heteroatoms. The Kier molecular flexibility index (Phi) is 9.22. The summed E-state index contributed by atoms with van der Waals surface area (Å²) in [5.41, 5.74) is 2.46. The van der Waals surface area contributed by atoms with Crippen molar-refractivity contribution < 1.29 is 19.0 Å². The summed E-state index contributed by atoms with van der Waals surface area (Å²) >= 11 is 4.87. The molecule has 0 N–H and O–H groups in total. The van der Waals surface area contributed by atoms with Crippen LogP contribution in [0.1, 0.15) is 57.2 Å². The van der Waals surface area contributed by atoms with Crippen molar-refractivity contribution in [3.63, 3.8) is 0 Å². The van der Waals surface area contributed by atoms with Crippen LogP contribution in [0, 0.1) is 0 Å². The third-order valence-electron chi connectivity index (χ3n) is 6.03. The average molecular weight is 600 g/mol. The van der Waals surface area contributed by atoms with Crippen LogP contribution in [0.15, 0.2) is 68.0 Å². The summed E-state index contributed by atoms with van der Waals surface area (Å²) < 4.78 is 19.4. The first-order valence-corrected chi connectivity index (χ1v) is 14.3. The molecule has 3 aromatic rings. The Labute approximate surface area is 234 Å². The molecule has 1 aliphatic rings. The molecule has 0 unspecified atom stereocenters. The van der Waals surface area contributed by atoms with E-state index in [0.29, 0.717) is 39.4 Å². The van der Waals surface area contributed by atoms with Crippen LogP contribution in [0.25, 0.3) is 6.08 Å². The Morgan fingerprint density at radius 1 is 1.13 bits per heavy atom. The normalized spacial score (nSPS) is 15.2. The van der Waals surface area contributed by atoms with Crippen molar-refractivity contribution in [3.8, 4) is 11.5 Å². The highest BCUT2D eigenvalue weighted by molar-refractivity contribution is 9.10. The number of carbonyl (C=O) groups excluding carboxylic acids is 1. The monoisotopic (exact) mass is 598 g/mol. The standard InChI is InChI=1S/C29H31BrN2O5S/c1-5-8-22-25(28(34)36-7-3)26(19-11-14-23(35-4)21(30)17-19)32-27(33)24(38-29(32)31-22)16-18-9-12-20(13-10-18)37-15-6-2/h9-14,16-17,26H,5-8,15H2,1-4H3/b24-16-/t26-/m0/s1. The summed E-state index contributed by atoms with van der Waals surface area (Å²) in [7, 11) is 1.59. The molecule has 0 saturated heterocycles. The van der Waals surface area contributed by atoms with E-state index < -0.39 is 12.0 Å². The van der Waals surface area contributed by atoms with E-state index in [1.165, 1.54) is 11.3 Å². The Bertz CT molecular complexity index is 1520. The number of ether oxygens (including phenoxy) is 3. The first kappa shape index (κ1) is 27.9. The van der Waals surface area contributed by atoms with Gasteiger partial charge in [0, 0.05) is 0 Å². The summed E-state index contributed by atoms with van der Waals surface area (Å²) in [5.74, 6) is 0.982. The highest BCUT2D eigenvalue weighted by atomic mass is 79.9. The number of rotatable bonds is 10. The Hall–Kier alpha value is -3.17. The fraction of sp³-hybridized carbons (Fsp3) is 0.345. The molecular weight excluding hydrogens is 568 g/mol. The highest BCUT2D eigenvalue weighted by Crippen LogP contribution is 2.36. The van der Waals surface area contributed by atoms with Crippen LogP contribution in [0.5, 0.6) is 11.5 Å². The molecule has 7 nitrogen and oxygen atoms in total. The number of hydrogen-bond acceptors (Lipinski definition) is 7. The van der Waals surface area contributed by atoms with E-state index >= 15 is 0 Å². The third kappa shape index (κ3) is 5.78. The number of esters is 1. The molecule has 200 valence electrons. The number of hydrogen-bond donors (Lipinski definition) is 0. The van der Waals surface area contributed by atoms with Crippen LogP contribution in [-0.4, -0.2) is 30.9 Å². The predicted molar refractivity (Wildman–Crippen MR) is 153 cm³/mol. The van der Waals surface area contributed by atoms with Crippen LogP contribution < -0.4 is 24.4 Å². The van der Waals surface area contributed by atoms with Gasteiger partial charge in [0.15, 0.2) is 4.80 Å². The van der Waals surface area contributed by atoms with Crippen LogP contribution in [0.2, 0.25) is 0 Å². The van der Waals surface area contributed by atoms with Crippen molar-refractivity contribution in [3.05, 3.63) is 89.0 Å². The zero-order valence-electron chi connectivity index (χ0n) is 22.0. The van der Waals surface area contributed by atoms with E-state index in [9.17, 15) is 9.59 Å². The van der Waals surface area contributed by atoms with Gasteiger partial charge in [-0.25, -0.2) is 9.79 Å². The maximum Gasteiger partial charge on any atom is 0.338 e. The Balaban J connectivity index is 1.90. The van der Waals surface area contributed by atoms with Gasteiger partial charge in [0.1, 0.15) is 11.5 Å². The van der Waals surface area contributed by atoms with E-state index in [1.807, 2.05) is 55.5 Å². The summed E-state index contributed by atoms with van der Waals surface area (Å²) in [4.78, 5) is 32.5. The molecule has 38 heavy (non-hydrogen) atoms. The van der Waals surface area contributed by atoms with E-state index in [4.69, 9.17) is 19.2 Å². The molecule has 2 aromatic carbocycles. The number of nitrogens with zero attached hydrogens (tertiary/aromatic N) is 2. The Morgan fingerprint density at radius 3 is 2.53 bits per heavy atom. The number of fused-ring (bicyclic) bond motifs is 1. The second-order valence-corrected chi connectivity index (χ2v) is 10.6. The molecule has 0 aliphatic carbocycles. The summed E-state index contributed by atoms with van der Waals surface area (Å²) in [5, 5.41) is 0. The number of thiazole rings is 1. The van der Waals surface area contributed by atoms with E-state index in [1.54, 1.807) is 18.6 Å². The molecule has 0 bridgehead atoms. The summed E-state index contributed by atoms with van der Waals surface area (Å²) in [6, 6.07) is 12.5. The van der Waals surface area contributed by atoms with E-state index in [0.717, 1.165) is 34.2 Å². The topological polar surface area (TPSA) is 79.1 Å². The van der Waals surface area contributed by atoms with Crippen LogP contribution in [0.4, 0.5) is 0 Å². The fourth-order valence-electron chi connectivity index (χ4n) is 4.32. The van der Waals surface area contributed by atoms with Crippen molar-refractivity contribution in [1.29, 1.82) is 0 Å². The lowest BCUT2D eigenvalue weighted by Crippen LogP contribution is -2.40. The molecule has 0 fully saturated rings. The van der Waals surface area contributed by atoms with Gasteiger partial charge in [0.05, 0.1) is 46.6 Å². The minimum absolute atomic E-state index is 0.214. The molecule has 0 amide bonds. The third-order valence-corrected chi connectivity index (χ3v) is 7.64. The minimum atomic E-state index is -0.680. The number of halogens is 1. The largest absolute Gasteiger partial charge is 0.496 e. The second-order valence-electron chi connectivity index (χ2n) is 8.73. The summed E-state index contributed by atoms with van der Waals surface area (Å²) in [6.45, 7) is 6.74. The average Bonchev–Trinajstić information content (AvgIpc) is 3.22. The molecule has 0 radical (unpaired) electrons. The van der Waals surface area contributed by atoms with Crippen molar-refractivity contribution in [1.82, 2.24) is 4.57 Å². The number of allylic oxidation sites excluding steroid dienone is 1. The number of aromatic nitrogens is 1. The fourth-order valence-corrected chi connectivity index (χ4v) is 5.90. The van der Waals surface area contributed by atoms with Crippen LogP contribution in [-0.2, 0) is 9.53 Å². The van der Waals surface area contributed by atoms with Crippen molar-refractivity contribution in [2.75, 3.05) is 20.3 Å². The lowest BCUT2D eigenvalue weighted by Gasteiger charge is -2.26. The predicted octanol–water partition coefficient (Wildman–Crippen LogP) is 5.14. The van der Waals surface area contributed by atoms with Crippen LogP contribution in [0.3, 0.4) is 0 Å². The van der Waals surface area contributed by atoms with Gasteiger partial charge in [-0.05, 0) is 77.2 Å². The van der Waals surface area contributed by atoms with E-state index in [2.05, 4.69) is 22.9 Å². The maximum atomic E-state index is 13.9. The van der Waals surface area contributed by atoms with Gasteiger partial charge in [0.2, 0.25) is 0 Å². The number of benzene rings is 2. The van der Waals surface area contributed by atoms with Gasteiger partial charge in [0.25, 0.3) is 5.56 Å². The van der Waals surface area contributed by atoms with Crippen molar-refractivity contribution in [2.24, 2.45) is 4.99 Å². The van der Waals surface area contributed by atoms with Gasteiger partial charge in [-0.3, -0.25) is 9.36 Å². The molecule has 1 aromatic heterocycles. The second kappa shape index (κ2) is 12.6. The SMILES string of the molecule is CCCOc1ccc(/C=c2\sc3n(c2=O)[C@@H](c2ccc(OC)c(Br)c2)C(C(=O)OCC)=C(CCC)N=3)cc1. The summed E-state index contributed by atoms with van der Waals surface area (Å²) in [6.07, 6.45) is 4.17. The zero-order valence-corrected chi connectivity index (χ0v) is 24.4. The number of carbonyl (C=O) groups is 1. The number of methoxy groups -OCH3 is 1. The smallest absolute Gasteiger partial charge is 0.338 e. The Morgan fingerprint density at radius 2 is 1.89 bits per heavy atom. The molecule has 1 atom stereocenters. The van der Waals surface area contributed by atoms with Crippen molar-refractivity contribution in [2.45, 2.75) is 46.1 Å². The van der Waals surface area contributed by atoms with Crippen molar-refractivity contribution >= 4 is 39.3 Å². The maximum absolute atomic E-state index is 13.9. The first-order valence-electron chi connectivity index (χ1n) is 12.7. The zero-order chi connectivity index (χ0) is 27.2. The lowest BCUT2D eigenvalue weighted by molar-refractivity contribution is -0.139.